The topological polar surface area (TPSA) is 177 Å². The summed E-state index contributed by atoms with van der Waals surface area (Å²) in [5, 5.41) is 34.1. The number of aromatic carboxylic acids is 1. The summed E-state index contributed by atoms with van der Waals surface area (Å²) in [4.78, 5) is 40.5. The van der Waals surface area contributed by atoms with E-state index in [9.17, 15) is 14.4 Å². The third-order valence-electron chi connectivity index (χ3n) is 6.61. The van der Waals surface area contributed by atoms with Crippen molar-refractivity contribution in [2.75, 3.05) is 13.2 Å². The van der Waals surface area contributed by atoms with E-state index in [0.29, 0.717) is 30.3 Å². The van der Waals surface area contributed by atoms with Crippen molar-refractivity contribution in [2.45, 2.75) is 25.7 Å². The second-order valence-corrected chi connectivity index (χ2v) is 10.4. The van der Waals surface area contributed by atoms with Gasteiger partial charge >= 0.3 is 17.9 Å². The lowest BCUT2D eigenvalue weighted by atomic mass is 10.2. The lowest BCUT2D eigenvalue weighted by Gasteiger charge is -2.06. The molecule has 0 aliphatic rings. The van der Waals surface area contributed by atoms with Crippen LogP contribution in [-0.4, -0.2) is 52.8 Å². The summed E-state index contributed by atoms with van der Waals surface area (Å²) in [7, 11) is 0. The Morgan fingerprint density at radius 3 is 1.76 bits per heavy atom. The number of carboxylic acids is 2. The fourth-order valence-corrected chi connectivity index (χ4v) is 3.98. The minimum Gasteiger partial charge on any atom is -0.494 e. The fraction of sp³-hybridized carbons (Fsp3) is 0.158. The van der Waals surface area contributed by atoms with Gasteiger partial charge in [-0.1, -0.05) is 18.7 Å². The molecule has 0 unspecified atom stereocenters. The molecule has 0 heterocycles. The number of hydrogen-bond donors (Lipinski definition) is 3. The molecular formula is C38H37N3O9. The lowest BCUT2D eigenvalue weighted by Crippen LogP contribution is -2.02. The van der Waals surface area contributed by atoms with Gasteiger partial charge < -0.3 is 24.6 Å². The molecule has 0 amide bonds. The van der Waals surface area contributed by atoms with Crippen molar-refractivity contribution in [1.82, 2.24) is 0 Å². The van der Waals surface area contributed by atoms with Gasteiger partial charge in [0, 0.05) is 18.4 Å². The number of aliphatic carboxylic acids is 1. The van der Waals surface area contributed by atoms with Crippen LogP contribution in [0.5, 0.6) is 11.5 Å². The summed E-state index contributed by atoms with van der Waals surface area (Å²) in [5.41, 5.74) is 3.88. The molecule has 4 rings (SSSR count). The summed E-state index contributed by atoms with van der Waals surface area (Å²) >= 11 is 0. The van der Waals surface area contributed by atoms with Gasteiger partial charge in [-0.15, -0.1) is 0 Å². The second kappa shape index (κ2) is 21.5. The van der Waals surface area contributed by atoms with E-state index >= 15 is 0 Å². The van der Waals surface area contributed by atoms with Crippen molar-refractivity contribution in [3.63, 3.8) is 0 Å². The smallest absolute Gasteiger partial charge is 0.335 e. The van der Waals surface area contributed by atoms with Crippen molar-refractivity contribution in [1.29, 1.82) is 0 Å². The molecule has 50 heavy (non-hydrogen) atoms. The Labute approximate surface area is 289 Å². The number of hydrogen-bond acceptors (Lipinski definition) is 10. The van der Waals surface area contributed by atoms with Gasteiger partial charge in [0.25, 0.3) is 0 Å². The molecule has 0 atom stereocenters. The fourth-order valence-electron chi connectivity index (χ4n) is 3.98. The van der Waals surface area contributed by atoms with Gasteiger partial charge in [0.15, 0.2) is 5.75 Å². The maximum atomic E-state index is 10.9. The number of rotatable bonds is 17. The Balaban J connectivity index is 0.000000284. The zero-order chi connectivity index (χ0) is 36.0. The molecule has 0 aliphatic carbocycles. The van der Waals surface area contributed by atoms with Crippen molar-refractivity contribution in [2.24, 2.45) is 15.2 Å². The highest BCUT2D eigenvalue weighted by Gasteiger charge is 2.02. The number of azo groups is 1. The Bertz CT molecular complexity index is 1750. The van der Waals surface area contributed by atoms with Crippen LogP contribution >= 0.6 is 0 Å². The Morgan fingerprint density at radius 1 is 0.660 bits per heavy atom. The third-order valence-corrected chi connectivity index (χ3v) is 6.61. The third kappa shape index (κ3) is 15.0. The average Bonchev–Trinajstić information content (AvgIpc) is 3.14. The largest absolute Gasteiger partial charge is 0.494 e. The minimum absolute atomic E-state index is 0.210. The number of carbonyl (C=O) groups excluding carboxylic acids is 1. The molecule has 258 valence electrons. The summed E-state index contributed by atoms with van der Waals surface area (Å²) < 4.78 is 10.6. The number of benzene rings is 4. The summed E-state index contributed by atoms with van der Waals surface area (Å²) in [6.45, 7) is 4.38. The molecule has 0 spiro atoms. The molecule has 12 nitrogen and oxygen atoms in total. The predicted octanol–water partition coefficient (Wildman–Crippen LogP) is 8.86. The molecule has 0 fully saturated rings. The van der Waals surface area contributed by atoms with Crippen LogP contribution in [0.15, 0.2) is 131 Å². The van der Waals surface area contributed by atoms with E-state index < -0.39 is 11.9 Å². The molecule has 0 aliphatic heterocycles. The highest BCUT2D eigenvalue weighted by atomic mass is 17.1. The average molecular weight is 680 g/mol. The molecule has 12 heteroatoms. The zero-order valence-electron chi connectivity index (χ0n) is 27.1. The van der Waals surface area contributed by atoms with Crippen LogP contribution in [0.3, 0.4) is 0 Å². The number of aliphatic imine (C=N–C) groups is 1. The van der Waals surface area contributed by atoms with E-state index in [1.165, 1.54) is 24.3 Å². The number of nitrogens with zero attached hydrogens (tertiary/aromatic N) is 3. The molecular weight excluding hydrogens is 642 g/mol. The second-order valence-electron chi connectivity index (χ2n) is 10.4. The van der Waals surface area contributed by atoms with Crippen LogP contribution in [-0.2, 0) is 14.3 Å². The monoisotopic (exact) mass is 679 g/mol. The summed E-state index contributed by atoms with van der Waals surface area (Å²) in [5.74, 6) is -1.21. The molecule has 3 N–H and O–H groups in total. The predicted molar refractivity (Wildman–Crippen MR) is 189 cm³/mol. The maximum absolute atomic E-state index is 10.9. The van der Waals surface area contributed by atoms with Gasteiger partial charge in [0.2, 0.25) is 0 Å². The number of unbranched alkanes of at least 4 members (excludes halogenated alkanes) is 3. The van der Waals surface area contributed by atoms with Crippen molar-refractivity contribution < 1.29 is 44.2 Å². The maximum Gasteiger partial charge on any atom is 0.335 e. The molecule has 4 aromatic rings. The molecule has 4 aromatic carbocycles. The highest BCUT2D eigenvalue weighted by molar-refractivity contribution is 5.88. The van der Waals surface area contributed by atoms with Crippen LogP contribution in [0.25, 0.3) is 6.08 Å². The van der Waals surface area contributed by atoms with E-state index in [1.807, 2.05) is 12.1 Å². The Morgan fingerprint density at radius 2 is 1.20 bits per heavy atom. The Hall–Kier alpha value is -6.40. The van der Waals surface area contributed by atoms with E-state index in [4.69, 9.17) is 24.9 Å². The van der Waals surface area contributed by atoms with E-state index in [-0.39, 0.29) is 11.5 Å². The van der Waals surface area contributed by atoms with Gasteiger partial charge in [-0.25, -0.2) is 19.6 Å². The SMILES string of the molecule is C=CC(=O)OCCCCCCOc1ccc(N=Nc2ccc(C(=O)O)cc2)cc1.O=C(O)C=Cc1ccc(N=Cc2ccc(OO)cc2)cc1. The molecule has 0 aromatic heterocycles. The quantitative estimate of drug-likeness (QED) is 0.0187. The zero-order valence-corrected chi connectivity index (χ0v) is 27.1. The number of carboxylic acid groups (broad SMARTS) is 2. The van der Waals surface area contributed by atoms with Crippen LogP contribution in [0.2, 0.25) is 0 Å². The lowest BCUT2D eigenvalue weighted by molar-refractivity contribution is -0.138. The van der Waals surface area contributed by atoms with E-state index in [2.05, 4.69) is 26.7 Å². The van der Waals surface area contributed by atoms with Gasteiger partial charge in [-0.3, -0.25) is 4.99 Å². The van der Waals surface area contributed by atoms with Crippen LogP contribution in [0.4, 0.5) is 17.1 Å². The van der Waals surface area contributed by atoms with E-state index in [1.54, 1.807) is 79.0 Å². The summed E-state index contributed by atoms with van der Waals surface area (Å²) in [6.07, 6.45) is 9.18. The highest BCUT2D eigenvalue weighted by Crippen LogP contribution is 2.22. The Kier molecular flexibility index (Phi) is 16.3. The number of esters is 1. The number of ether oxygens (including phenoxy) is 2. The van der Waals surface area contributed by atoms with Gasteiger partial charge in [0.05, 0.1) is 35.8 Å². The summed E-state index contributed by atoms with van der Waals surface area (Å²) in [6, 6.07) is 27.4. The van der Waals surface area contributed by atoms with Crippen molar-refractivity contribution in [3.8, 4) is 11.5 Å². The first-order chi connectivity index (χ1) is 24.2. The normalized spacial score (nSPS) is 10.8. The molecule has 0 saturated heterocycles. The molecule has 0 radical (unpaired) electrons. The molecule has 0 bridgehead atoms. The van der Waals surface area contributed by atoms with Crippen LogP contribution < -0.4 is 9.62 Å². The standard InChI is InChI=1S/C22H24N2O5.C16H13NO4/c1-2-21(25)29-16-6-4-3-5-15-28-20-13-11-19(12-14-20)24-23-18-9-7-17(8-10-18)22(26)27;18-16(19)10-5-12-1-6-14(7-2-12)17-11-13-3-8-15(21-20)9-4-13/h2,7-14H,1,3-6,15-16H2,(H,26,27);1-11,20H,(H,18,19). The van der Waals surface area contributed by atoms with Crippen LogP contribution in [0.1, 0.15) is 47.2 Å². The van der Waals surface area contributed by atoms with Gasteiger partial charge in [-0.05, 0) is 128 Å². The first-order valence-corrected chi connectivity index (χ1v) is 15.5. The van der Waals surface area contributed by atoms with Crippen molar-refractivity contribution in [3.05, 3.63) is 132 Å². The van der Waals surface area contributed by atoms with Crippen molar-refractivity contribution >= 4 is 47.3 Å². The first kappa shape index (κ1) is 38.1. The van der Waals surface area contributed by atoms with E-state index in [0.717, 1.165) is 54.3 Å². The minimum atomic E-state index is -0.979. The van der Waals surface area contributed by atoms with Crippen LogP contribution in [0, 0.1) is 0 Å². The van der Waals surface area contributed by atoms with Gasteiger partial charge in [-0.2, -0.15) is 10.2 Å². The first-order valence-electron chi connectivity index (χ1n) is 15.5. The number of carbonyl (C=O) groups is 3. The van der Waals surface area contributed by atoms with Gasteiger partial charge in [0.1, 0.15) is 5.75 Å². The molecule has 0 saturated carbocycles.